The fourth-order valence-corrected chi connectivity index (χ4v) is 4.10. The van der Waals surface area contributed by atoms with Crippen LogP contribution in [0.3, 0.4) is 0 Å². The Balaban J connectivity index is 1.79. The molecule has 1 aliphatic heterocycles. The first-order chi connectivity index (χ1) is 14.3. The highest BCUT2D eigenvalue weighted by Gasteiger charge is 2.48. The first-order valence-electron chi connectivity index (χ1n) is 9.38. The van der Waals surface area contributed by atoms with Gasteiger partial charge in [0.15, 0.2) is 12.4 Å². The van der Waals surface area contributed by atoms with Gasteiger partial charge >= 0.3 is 5.97 Å². The molecule has 0 unspecified atom stereocenters. The Morgan fingerprint density at radius 1 is 1.07 bits per heavy atom. The summed E-state index contributed by atoms with van der Waals surface area (Å²) in [6.07, 6.45) is -4.79. The number of ether oxygens (including phenoxy) is 3. The predicted molar refractivity (Wildman–Crippen MR) is 106 cm³/mol. The van der Waals surface area contributed by atoms with Gasteiger partial charge in [-0.05, 0) is 24.6 Å². The summed E-state index contributed by atoms with van der Waals surface area (Å²) < 4.78 is 46.9. The monoisotopic (exact) mass is 436 g/mol. The zero-order valence-corrected chi connectivity index (χ0v) is 17.4. The molecule has 162 valence electrons. The van der Waals surface area contributed by atoms with E-state index in [1.165, 1.54) is 19.1 Å². The van der Waals surface area contributed by atoms with E-state index >= 15 is 0 Å². The molecule has 1 saturated heterocycles. The number of carbonyl (C=O) groups excluding carboxylic acids is 1. The van der Waals surface area contributed by atoms with Gasteiger partial charge in [-0.2, -0.15) is 8.42 Å². The molecule has 0 bridgehead atoms. The average Bonchev–Trinajstić information content (AvgIpc) is 3.00. The summed E-state index contributed by atoms with van der Waals surface area (Å²) in [6.45, 7) is 2.98. The van der Waals surface area contributed by atoms with E-state index < -0.39 is 40.7 Å². The molecule has 9 heteroatoms. The number of hydrogen-bond acceptors (Lipinski definition) is 8. The number of aryl methyl sites for hydroxylation is 1. The molecule has 3 rings (SSSR count). The van der Waals surface area contributed by atoms with E-state index in [0.29, 0.717) is 0 Å². The molecule has 1 heterocycles. The van der Waals surface area contributed by atoms with Crippen molar-refractivity contribution in [1.82, 2.24) is 0 Å². The summed E-state index contributed by atoms with van der Waals surface area (Å²) in [4.78, 5) is 11.1. The van der Waals surface area contributed by atoms with Crippen molar-refractivity contribution in [1.29, 1.82) is 0 Å². The van der Waals surface area contributed by atoms with Gasteiger partial charge in [-0.3, -0.25) is 8.98 Å². The Morgan fingerprint density at radius 2 is 1.73 bits per heavy atom. The third kappa shape index (κ3) is 5.65. The van der Waals surface area contributed by atoms with Crippen molar-refractivity contribution in [2.45, 2.75) is 50.0 Å². The first-order valence-corrected chi connectivity index (χ1v) is 10.8. The highest BCUT2D eigenvalue weighted by Crippen LogP contribution is 2.29. The second-order valence-electron chi connectivity index (χ2n) is 6.96. The van der Waals surface area contributed by atoms with Crippen molar-refractivity contribution in [3.63, 3.8) is 0 Å². The van der Waals surface area contributed by atoms with E-state index in [1.807, 2.05) is 37.3 Å². The van der Waals surface area contributed by atoms with Crippen molar-refractivity contribution in [3.05, 3.63) is 65.7 Å². The van der Waals surface area contributed by atoms with Crippen LogP contribution in [0.2, 0.25) is 0 Å². The maximum atomic E-state index is 12.7. The van der Waals surface area contributed by atoms with Crippen LogP contribution in [0, 0.1) is 6.92 Å². The number of benzene rings is 2. The minimum absolute atomic E-state index is 0.0504. The Bertz CT molecular complexity index is 943. The van der Waals surface area contributed by atoms with Crippen LogP contribution in [0.5, 0.6) is 0 Å². The molecule has 1 fully saturated rings. The lowest BCUT2D eigenvalue weighted by Gasteiger charge is -2.23. The lowest BCUT2D eigenvalue weighted by molar-refractivity contribution is -0.155. The van der Waals surface area contributed by atoms with Crippen LogP contribution in [0.25, 0.3) is 0 Å². The number of esters is 1. The van der Waals surface area contributed by atoms with Crippen molar-refractivity contribution in [3.8, 4) is 0 Å². The fourth-order valence-electron chi connectivity index (χ4n) is 3.02. The van der Waals surface area contributed by atoms with Crippen LogP contribution in [0.1, 0.15) is 18.1 Å². The van der Waals surface area contributed by atoms with E-state index in [9.17, 15) is 18.3 Å². The number of aliphatic hydroxyl groups excluding tert-OH is 1. The minimum Gasteiger partial charge on any atom is -0.463 e. The van der Waals surface area contributed by atoms with Crippen LogP contribution in [-0.4, -0.2) is 50.7 Å². The second-order valence-corrected chi connectivity index (χ2v) is 8.53. The Kier molecular flexibility index (Phi) is 7.22. The third-order valence-electron chi connectivity index (χ3n) is 4.57. The van der Waals surface area contributed by atoms with Gasteiger partial charge in [-0.1, -0.05) is 48.0 Å². The molecular weight excluding hydrogens is 412 g/mol. The summed E-state index contributed by atoms with van der Waals surface area (Å²) in [6, 6.07) is 15.3. The first kappa shape index (κ1) is 22.4. The van der Waals surface area contributed by atoms with Crippen LogP contribution < -0.4 is 0 Å². The number of rotatable bonds is 8. The molecule has 0 aliphatic carbocycles. The van der Waals surface area contributed by atoms with Gasteiger partial charge in [0.25, 0.3) is 10.1 Å². The predicted octanol–water partition coefficient (Wildman–Crippen LogP) is 1.93. The number of aliphatic hydroxyl groups is 1. The molecular formula is C21H24O8S. The molecule has 4 atom stereocenters. The fraction of sp³-hybridized carbons (Fsp3) is 0.381. The molecule has 0 radical (unpaired) electrons. The summed E-state index contributed by atoms with van der Waals surface area (Å²) in [5, 5.41) is 10.3. The third-order valence-corrected chi connectivity index (χ3v) is 5.89. The van der Waals surface area contributed by atoms with Gasteiger partial charge in [-0.15, -0.1) is 0 Å². The molecule has 0 aromatic heterocycles. The number of carbonyl (C=O) groups is 1. The molecule has 0 spiro atoms. The molecule has 1 N–H and O–H groups in total. The van der Waals surface area contributed by atoms with Crippen molar-refractivity contribution in [2.24, 2.45) is 0 Å². The highest BCUT2D eigenvalue weighted by molar-refractivity contribution is 7.86. The van der Waals surface area contributed by atoms with E-state index in [4.69, 9.17) is 18.4 Å². The normalized spacial score (nSPS) is 24.0. The van der Waals surface area contributed by atoms with Gasteiger partial charge in [0.05, 0.1) is 11.5 Å². The van der Waals surface area contributed by atoms with Gasteiger partial charge in [-0.25, -0.2) is 0 Å². The van der Waals surface area contributed by atoms with Crippen LogP contribution in [0.15, 0.2) is 59.5 Å². The molecule has 2 aromatic rings. The molecule has 2 aromatic carbocycles. The summed E-state index contributed by atoms with van der Waals surface area (Å²) in [5.74, 6) is -0.536. The van der Waals surface area contributed by atoms with E-state index in [1.54, 1.807) is 12.1 Å². The van der Waals surface area contributed by atoms with Crippen LogP contribution in [-0.2, 0) is 39.9 Å². The van der Waals surface area contributed by atoms with Crippen molar-refractivity contribution < 1.29 is 36.7 Å². The smallest absolute Gasteiger partial charge is 0.302 e. The van der Waals surface area contributed by atoms with Crippen molar-refractivity contribution in [2.75, 3.05) is 6.61 Å². The van der Waals surface area contributed by atoms with Gasteiger partial charge < -0.3 is 19.3 Å². The zero-order valence-electron chi connectivity index (χ0n) is 16.6. The van der Waals surface area contributed by atoms with Gasteiger partial charge in [0, 0.05) is 6.92 Å². The SMILES string of the molecule is CC(=O)OC[C@H]1O[C@H](O)[C@@H](OS(=O)(=O)c2ccc(C)cc2)[C@H]1OCc1ccccc1. The largest absolute Gasteiger partial charge is 0.463 e. The molecule has 0 saturated carbocycles. The van der Waals surface area contributed by atoms with Gasteiger partial charge in [0.2, 0.25) is 0 Å². The average molecular weight is 436 g/mol. The molecule has 8 nitrogen and oxygen atoms in total. The lowest BCUT2D eigenvalue weighted by atomic mass is 10.1. The van der Waals surface area contributed by atoms with Crippen LogP contribution in [0.4, 0.5) is 0 Å². The van der Waals surface area contributed by atoms with Crippen molar-refractivity contribution >= 4 is 16.1 Å². The van der Waals surface area contributed by atoms with Gasteiger partial charge in [0.1, 0.15) is 18.8 Å². The maximum absolute atomic E-state index is 12.7. The quantitative estimate of drug-likeness (QED) is 0.494. The second kappa shape index (κ2) is 9.67. The highest BCUT2D eigenvalue weighted by atomic mass is 32.2. The molecule has 30 heavy (non-hydrogen) atoms. The minimum atomic E-state index is -4.19. The summed E-state index contributed by atoms with van der Waals surface area (Å²) in [7, 11) is -4.19. The lowest BCUT2D eigenvalue weighted by Crippen LogP contribution is -2.40. The summed E-state index contributed by atoms with van der Waals surface area (Å²) in [5.41, 5.74) is 1.73. The zero-order chi connectivity index (χ0) is 21.7. The van der Waals surface area contributed by atoms with E-state index in [2.05, 4.69) is 0 Å². The van der Waals surface area contributed by atoms with E-state index in [-0.39, 0.29) is 18.1 Å². The topological polar surface area (TPSA) is 108 Å². The molecule has 1 aliphatic rings. The molecule has 0 amide bonds. The summed E-state index contributed by atoms with van der Waals surface area (Å²) >= 11 is 0. The number of hydrogen-bond donors (Lipinski definition) is 1. The van der Waals surface area contributed by atoms with Crippen LogP contribution >= 0.6 is 0 Å². The maximum Gasteiger partial charge on any atom is 0.302 e. The van der Waals surface area contributed by atoms with E-state index in [0.717, 1.165) is 11.1 Å². The Hall–Kier alpha value is -2.30. The Morgan fingerprint density at radius 3 is 2.37 bits per heavy atom. The standard InChI is InChI=1S/C21H24O8S/c1-14-8-10-17(11-9-14)30(24,25)29-20-19(27-12-16-6-4-3-5-7-16)18(28-21(20)23)13-26-15(2)22/h3-11,18-21,23H,12-13H2,1-2H3/t18-,19+,20+,21+/m1/s1. The Labute approximate surface area is 175 Å².